The lowest BCUT2D eigenvalue weighted by Crippen LogP contribution is -2.15. The van der Waals surface area contributed by atoms with Gasteiger partial charge >= 0.3 is 0 Å². The first-order valence-electron chi connectivity index (χ1n) is 8.22. The summed E-state index contributed by atoms with van der Waals surface area (Å²) >= 11 is 12.7. The van der Waals surface area contributed by atoms with Crippen LogP contribution in [0.5, 0.6) is 11.5 Å². The summed E-state index contributed by atoms with van der Waals surface area (Å²) in [7, 11) is 1.50. The standard InChI is InChI=1S/C22H14Cl2O3/c1-27-19-11-12(8-9-18(19)25)10-15-13-4-2-6-16(23)20(13)22(26)21-14(15)5-3-7-17(21)24/h2-11,25H,1H3. The maximum Gasteiger partial charge on any atom is 0.197 e. The smallest absolute Gasteiger partial charge is 0.197 e. The van der Waals surface area contributed by atoms with Crippen molar-refractivity contribution in [3.63, 3.8) is 0 Å². The molecule has 0 saturated carbocycles. The molecule has 0 spiro atoms. The highest BCUT2D eigenvalue weighted by atomic mass is 35.5. The molecule has 3 aromatic carbocycles. The van der Waals surface area contributed by atoms with E-state index in [-0.39, 0.29) is 11.5 Å². The van der Waals surface area contributed by atoms with Gasteiger partial charge < -0.3 is 9.84 Å². The molecule has 0 unspecified atom stereocenters. The van der Waals surface area contributed by atoms with E-state index in [0.29, 0.717) is 26.9 Å². The average molecular weight is 397 g/mol. The third-order valence-corrected chi connectivity index (χ3v) is 5.21. The van der Waals surface area contributed by atoms with Crippen LogP contribution in [0.4, 0.5) is 0 Å². The van der Waals surface area contributed by atoms with Crippen LogP contribution in [-0.4, -0.2) is 18.0 Å². The summed E-state index contributed by atoms with van der Waals surface area (Å²) in [5, 5.41) is 10.6. The molecule has 1 aliphatic carbocycles. The minimum absolute atomic E-state index is 0.0605. The highest BCUT2D eigenvalue weighted by Gasteiger charge is 2.30. The first kappa shape index (κ1) is 17.7. The highest BCUT2D eigenvalue weighted by molar-refractivity contribution is 6.40. The molecule has 0 bridgehead atoms. The maximum atomic E-state index is 13.0. The Bertz CT molecular complexity index is 1060. The monoisotopic (exact) mass is 396 g/mol. The fourth-order valence-electron chi connectivity index (χ4n) is 3.33. The van der Waals surface area contributed by atoms with Crippen LogP contribution in [0, 0.1) is 0 Å². The fourth-order valence-corrected chi connectivity index (χ4v) is 3.86. The number of rotatable bonds is 2. The zero-order valence-corrected chi connectivity index (χ0v) is 15.8. The van der Waals surface area contributed by atoms with Crippen LogP contribution >= 0.6 is 23.2 Å². The SMILES string of the molecule is COc1cc(C=C2c3cccc(Cl)c3C(=O)c3c(Cl)cccc32)ccc1O. The number of fused-ring (bicyclic) bond motifs is 2. The summed E-state index contributed by atoms with van der Waals surface area (Å²) in [5.41, 5.74) is 4.01. The van der Waals surface area contributed by atoms with E-state index < -0.39 is 0 Å². The van der Waals surface area contributed by atoms with Gasteiger partial charge in [-0.15, -0.1) is 0 Å². The van der Waals surface area contributed by atoms with E-state index in [0.717, 1.165) is 22.3 Å². The Morgan fingerprint density at radius 1 is 0.926 bits per heavy atom. The number of carbonyl (C=O) groups excluding carboxylic acids is 1. The van der Waals surface area contributed by atoms with Gasteiger partial charge in [0.15, 0.2) is 17.3 Å². The molecule has 0 saturated heterocycles. The topological polar surface area (TPSA) is 46.5 Å². The Hall–Kier alpha value is -2.75. The van der Waals surface area contributed by atoms with E-state index >= 15 is 0 Å². The van der Waals surface area contributed by atoms with E-state index in [4.69, 9.17) is 27.9 Å². The number of carbonyl (C=O) groups is 1. The summed E-state index contributed by atoms with van der Waals surface area (Å²) in [6, 6.07) is 15.8. The number of methoxy groups -OCH3 is 1. The molecule has 0 atom stereocenters. The first-order chi connectivity index (χ1) is 13.0. The van der Waals surface area contributed by atoms with Crippen LogP contribution in [0.2, 0.25) is 10.0 Å². The summed E-state index contributed by atoms with van der Waals surface area (Å²) < 4.78 is 5.19. The molecule has 0 radical (unpaired) electrons. The number of phenolic OH excluding ortho intramolecular Hbond substituents is 1. The van der Waals surface area contributed by atoms with E-state index in [1.54, 1.807) is 30.3 Å². The Kier molecular flexibility index (Phi) is 4.42. The second-order valence-corrected chi connectivity index (χ2v) is 6.96. The molecule has 3 nitrogen and oxygen atoms in total. The van der Waals surface area contributed by atoms with Crippen molar-refractivity contribution in [2.24, 2.45) is 0 Å². The molecule has 1 N–H and O–H groups in total. The minimum atomic E-state index is -0.184. The lowest BCUT2D eigenvalue weighted by atomic mass is 9.80. The average Bonchev–Trinajstić information content (AvgIpc) is 2.66. The zero-order valence-electron chi connectivity index (χ0n) is 14.3. The number of halogens is 2. The van der Waals surface area contributed by atoms with E-state index in [1.165, 1.54) is 7.11 Å². The van der Waals surface area contributed by atoms with E-state index in [1.807, 2.05) is 30.3 Å². The second-order valence-electron chi connectivity index (χ2n) is 6.14. The minimum Gasteiger partial charge on any atom is -0.504 e. The summed E-state index contributed by atoms with van der Waals surface area (Å²) in [6.45, 7) is 0. The largest absolute Gasteiger partial charge is 0.504 e. The number of benzene rings is 3. The number of hydrogen-bond acceptors (Lipinski definition) is 3. The molecule has 1 aliphatic rings. The zero-order chi connectivity index (χ0) is 19.1. The Morgan fingerprint density at radius 2 is 1.52 bits per heavy atom. The molecular formula is C22H14Cl2O3. The van der Waals surface area contributed by atoms with Gasteiger partial charge in [-0.3, -0.25) is 4.79 Å². The van der Waals surface area contributed by atoms with Crippen molar-refractivity contribution in [3.05, 3.63) is 92.5 Å². The summed E-state index contributed by atoms with van der Waals surface area (Å²) in [4.78, 5) is 13.0. The van der Waals surface area contributed by atoms with Gasteiger partial charge in [-0.05, 0) is 52.6 Å². The molecule has 0 heterocycles. The van der Waals surface area contributed by atoms with E-state index in [2.05, 4.69) is 0 Å². The van der Waals surface area contributed by atoms with Crippen LogP contribution in [0.15, 0.2) is 54.6 Å². The Labute approximate surface area is 166 Å². The fraction of sp³-hybridized carbons (Fsp3) is 0.0455. The molecule has 0 amide bonds. The van der Waals surface area contributed by atoms with Gasteiger partial charge in [0, 0.05) is 11.1 Å². The number of aromatic hydroxyl groups is 1. The number of ketones is 1. The van der Waals surface area contributed by atoms with Crippen LogP contribution in [0.3, 0.4) is 0 Å². The van der Waals surface area contributed by atoms with Crippen LogP contribution in [0.1, 0.15) is 32.6 Å². The number of phenols is 1. The van der Waals surface area contributed by atoms with Gasteiger partial charge in [0.05, 0.1) is 17.2 Å². The van der Waals surface area contributed by atoms with Crippen LogP contribution in [0.25, 0.3) is 11.6 Å². The molecule has 0 aromatic heterocycles. The van der Waals surface area contributed by atoms with Crippen molar-refractivity contribution in [1.82, 2.24) is 0 Å². The number of hydrogen-bond donors (Lipinski definition) is 1. The van der Waals surface area contributed by atoms with Crippen molar-refractivity contribution < 1.29 is 14.6 Å². The lowest BCUT2D eigenvalue weighted by molar-refractivity contribution is 0.103. The Balaban J connectivity index is 2.02. The molecule has 3 aromatic rings. The molecule has 0 aliphatic heterocycles. The quantitative estimate of drug-likeness (QED) is 0.462. The summed E-state index contributed by atoms with van der Waals surface area (Å²) in [5.74, 6) is 0.246. The second kappa shape index (κ2) is 6.76. The normalized spacial score (nSPS) is 12.4. The lowest BCUT2D eigenvalue weighted by Gasteiger charge is -2.23. The van der Waals surface area contributed by atoms with Gasteiger partial charge in [0.25, 0.3) is 0 Å². The molecule has 0 fully saturated rings. The van der Waals surface area contributed by atoms with Crippen LogP contribution < -0.4 is 4.74 Å². The molecule has 5 heteroatoms. The van der Waals surface area contributed by atoms with Gasteiger partial charge in [0.1, 0.15) is 0 Å². The molecule has 4 rings (SSSR count). The first-order valence-corrected chi connectivity index (χ1v) is 8.98. The Morgan fingerprint density at radius 3 is 2.07 bits per heavy atom. The van der Waals surface area contributed by atoms with E-state index in [9.17, 15) is 9.90 Å². The van der Waals surface area contributed by atoms with Gasteiger partial charge in [-0.1, -0.05) is 53.5 Å². The van der Waals surface area contributed by atoms with Crippen molar-refractivity contribution >= 4 is 40.6 Å². The predicted octanol–water partition coefficient (Wildman–Crippen LogP) is 5.84. The molecular weight excluding hydrogens is 383 g/mol. The van der Waals surface area contributed by atoms with Gasteiger partial charge in [-0.2, -0.15) is 0 Å². The van der Waals surface area contributed by atoms with Crippen molar-refractivity contribution in [2.75, 3.05) is 7.11 Å². The highest BCUT2D eigenvalue weighted by Crippen LogP contribution is 2.42. The molecule has 27 heavy (non-hydrogen) atoms. The van der Waals surface area contributed by atoms with Crippen LogP contribution in [-0.2, 0) is 0 Å². The van der Waals surface area contributed by atoms with Crippen molar-refractivity contribution in [3.8, 4) is 11.5 Å². The summed E-state index contributed by atoms with van der Waals surface area (Å²) in [6.07, 6.45) is 1.93. The third kappa shape index (κ3) is 2.89. The maximum absolute atomic E-state index is 13.0. The van der Waals surface area contributed by atoms with Crippen molar-refractivity contribution in [2.45, 2.75) is 0 Å². The third-order valence-electron chi connectivity index (χ3n) is 4.58. The van der Waals surface area contributed by atoms with Crippen molar-refractivity contribution in [1.29, 1.82) is 0 Å². The van der Waals surface area contributed by atoms with Gasteiger partial charge in [-0.25, -0.2) is 0 Å². The van der Waals surface area contributed by atoms with Gasteiger partial charge in [0.2, 0.25) is 0 Å². The molecule has 134 valence electrons. The number of ether oxygens (including phenoxy) is 1. The predicted molar refractivity (Wildman–Crippen MR) is 108 cm³/mol.